The zero-order chi connectivity index (χ0) is 20.5. The first-order valence-electron chi connectivity index (χ1n) is 9.62. The molecule has 1 N–H and O–H groups in total. The molecule has 1 saturated heterocycles. The molecule has 9 heteroatoms. The second kappa shape index (κ2) is 8.12. The van der Waals surface area contributed by atoms with Crippen molar-refractivity contribution in [3.63, 3.8) is 0 Å². The van der Waals surface area contributed by atoms with Crippen molar-refractivity contribution in [1.82, 2.24) is 24.8 Å². The van der Waals surface area contributed by atoms with E-state index < -0.39 is 0 Å². The topological polar surface area (TPSA) is 79.6 Å². The number of hydrogen-bond acceptors (Lipinski definition) is 5. The molecule has 7 nitrogen and oxygen atoms in total. The fraction of sp³-hybridized carbons (Fsp3) is 0.400. The zero-order valence-electron chi connectivity index (χ0n) is 16.3. The molecule has 3 aromatic rings. The Balaban J connectivity index is 1.55. The van der Waals surface area contributed by atoms with Crippen LogP contribution in [-0.2, 0) is 6.54 Å². The fourth-order valence-electron chi connectivity index (χ4n) is 3.45. The lowest BCUT2D eigenvalue weighted by atomic mass is 10.1. The fourth-order valence-corrected chi connectivity index (χ4v) is 4.72. The average Bonchev–Trinajstić information content (AvgIpc) is 3.34. The van der Waals surface area contributed by atoms with Gasteiger partial charge in [-0.3, -0.25) is 4.79 Å². The number of carbonyl (C=O) groups is 1. The third-order valence-electron chi connectivity index (χ3n) is 5.06. The van der Waals surface area contributed by atoms with Crippen LogP contribution in [0.15, 0.2) is 35.1 Å². The van der Waals surface area contributed by atoms with Crippen molar-refractivity contribution in [3.05, 3.63) is 62.0 Å². The molecular formula is C20H22ClN5O2S. The Morgan fingerprint density at radius 1 is 1.38 bits per heavy atom. The molecule has 0 aliphatic carbocycles. The summed E-state index contributed by atoms with van der Waals surface area (Å²) in [6.45, 7) is 5.01. The highest BCUT2D eigenvalue weighted by molar-refractivity contribution is 7.16. The summed E-state index contributed by atoms with van der Waals surface area (Å²) in [5.74, 6) is 0.164. The number of fused-ring (bicyclic) bond motifs is 1. The van der Waals surface area contributed by atoms with Gasteiger partial charge in [-0.15, -0.1) is 0 Å². The van der Waals surface area contributed by atoms with Gasteiger partial charge in [-0.25, -0.2) is 9.78 Å². The standard InChI is InChI=1S/C20H22ClN5O2S/c1-12(2)15-10-17(27)26-20(23-15)29-18(24-26)16-8-5-9-25(16)19(28)22-11-13-6-3-4-7-14(13)21/h3-4,6-7,10,12,16H,5,8-9,11H2,1-2H3,(H,22,28). The quantitative estimate of drug-likeness (QED) is 0.677. The number of likely N-dealkylation sites (tertiary alicyclic amines) is 1. The van der Waals surface area contributed by atoms with Crippen LogP contribution in [-0.4, -0.2) is 32.1 Å². The highest BCUT2D eigenvalue weighted by atomic mass is 35.5. The van der Waals surface area contributed by atoms with E-state index >= 15 is 0 Å². The van der Waals surface area contributed by atoms with E-state index in [0.717, 1.165) is 29.1 Å². The van der Waals surface area contributed by atoms with Gasteiger partial charge in [0.15, 0.2) is 0 Å². The molecule has 2 aromatic heterocycles. The van der Waals surface area contributed by atoms with Crippen LogP contribution in [0.5, 0.6) is 0 Å². The molecule has 0 saturated carbocycles. The van der Waals surface area contributed by atoms with Crippen LogP contribution in [0.2, 0.25) is 5.02 Å². The second-order valence-corrected chi connectivity index (χ2v) is 8.80. The van der Waals surface area contributed by atoms with Gasteiger partial charge in [-0.2, -0.15) is 9.61 Å². The maximum Gasteiger partial charge on any atom is 0.318 e. The summed E-state index contributed by atoms with van der Waals surface area (Å²) in [4.78, 5) is 32.1. The minimum Gasteiger partial charge on any atom is -0.334 e. The molecule has 1 aliphatic rings. The number of nitrogens with zero attached hydrogens (tertiary/aromatic N) is 4. The zero-order valence-corrected chi connectivity index (χ0v) is 17.8. The Labute approximate surface area is 177 Å². The van der Waals surface area contributed by atoms with E-state index in [2.05, 4.69) is 15.4 Å². The van der Waals surface area contributed by atoms with Gasteiger partial charge in [-0.1, -0.05) is 55.0 Å². The van der Waals surface area contributed by atoms with Crippen LogP contribution in [0.25, 0.3) is 4.96 Å². The minimum absolute atomic E-state index is 0.158. The number of halogens is 1. The second-order valence-electron chi connectivity index (χ2n) is 7.41. The van der Waals surface area contributed by atoms with Crippen LogP contribution in [0, 0.1) is 0 Å². The molecule has 1 atom stereocenters. The normalized spacial score (nSPS) is 16.7. The molecule has 4 rings (SSSR count). The predicted octanol–water partition coefficient (Wildman–Crippen LogP) is 3.97. The molecule has 3 heterocycles. The van der Waals surface area contributed by atoms with Crippen molar-refractivity contribution in [3.8, 4) is 0 Å². The molecule has 1 aliphatic heterocycles. The number of carbonyl (C=O) groups excluding carboxylic acids is 1. The number of benzene rings is 1. The van der Waals surface area contributed by atoms with Crippen molar-refractivity contribution in [1.29, 1.82) is 0 Å². The van der Waals surface area contributed by atoms with E-state index in [4.69, 9.17) is 11.6 Å². The van der Waals surface area contributed by atoms with Crippen LogP contribution >= 0.6 is 22.9 Å². The highest BCUT2D eigenvalue weighted by Crippen LogP contribution is 2.34. The first-order valence-corrected chi connectivity index (χ1v) is 10.8. The number of amides is 2. The monoisotopic (exact) mass is 431 g/mol. The Morgan fingerprint density at radius 2 is 2.17 bits per heavy atom. The predicted molar refractivity (Wildman–Crippen MR) is 114 cm³/mol. The SMILES string of the molecule is CC(C)c1cc(=O)n2nc(C3CCCN3C(=O)NCc3ccccc3Cl)sc2n1. The van der Waals surface area contributed by atoms with Crippen LogP contribution in [0.3, 0.4) is 0 Å². The lowest BCUT2D eigenvalue weighted by molar-refractivity contribution is 0.192. The first-order chi connectivity index (χ1) is 13.9. The number of urea groups is 1. The number of rotatable bonds is 4. The van der Waals surface area contributed by atoms with Gasteiger partial charge in [0.2, 0.25) is 4.96 Å². The third-order valence-corrected chi connectivity index (χ3v) is 6.44. The van der Waals surface area contributed by atoms with Crippen molar-refractivity contribution in [2.24, 2.45) is 0 Å². The summed E-state index contributed by atoms with van der Waals surface area (Å²) >= 11 is 7.55. The Bertz CT molecular complexity index is 1110. The van der Waals surface area contributed by atoms with Crippen LogP contribution in [0.1, 0.15) is 54.9 Å². The Morgan fingerprint density at radius 3 is 2.93 bits per heavy atom. The molecule has 2 amide bonds. The summed E-state index contributed by atoms with van der Waals surface area (Å²) in [6, 6.07) is 8.66. The minimum atomic E-state index is -0.186. The summed E-state index contributed by atoms with van der Waals surface area (Å²) < 4.78 is 1.34. The number of hydrogen-bond donors (Lipinski definition) is 1. The third kappa shape index (κ3) is 4.00. The molecule has 0 bridgehead atoms. The largest absolute Gasteiger partial charge is 0.334 e. The lowest BCUT2D eigenvalue weighted by Crippen LogP contribution is -2.39. The van der Waals surface area contributed by atoms with Gasteiger partial charge in [0.05, 0.1) is 11.7 Å². The molecule has 152 valence electrons. The molecule has 1 aromatic carbocycles. The molecule has 1 fully saturated rings. The van der Waals surface area contributed by atoms with E-state index in [1.165, 1.54) is 21.9 Å². The maximum atomic E-state index is 12.8. The van der Waals surface area contributed by atoms with E-state index in [0.29, 0.717) is 23.1 Å². The molecule has 0 spiro atoms. The molecule has 29 heavy (non-hydrogen) atoms. The summed E-state index contributed by atoms with van der Waals surface area (Å²) in [5.41, 5.74) is 1.44. The van der Waals surface area contributed by atoms with E-state index in [-0.39, 0.29) is 23.6 Å². The summed E-state index contributed by atoms with van der Waals surface area (Å²) in [5, 5.41) is 8.79. The van der Waals surface area contributed by atoms with Crippen molar-refractivity contribution in [2.75, 3.05) is 6.54 Å². The van der Waals surface area contributed by atoms with Gasteiger partial charge in [0, 0.05) is 24.2 Å². The van der Waals surface area contributed by atoms with Crippen molar-refractivity contribution < 1.29 is 4.79 Å². The smallest absolute Gasteiger partial charge is 0.318 e. The number of aromatic nitrogens is 3. The van der Waals surface area contributed by atoms with Crippen molar-refractivity contribution >= 4 is 33.9 Å². The molecular weight excluding hydrogens is 410 g/mol. The number of nitrogens with one attached hydrogen (secondary N) is 1. The Hall–Kier alpha value is -2.45. The van der Waals surface area contributed by atoms with Gasteiger partial charge in [0.1, 0.15) is 5.01 Å². The highest BCUT2D eigenvalue weighted by Gasteiger charge is 2.33. The average molecular weight is 432 g/mol. The summed E-state index contributed by atoms with van der Waals surface area (Å²) in [7, 11) is 0. The van der Waals surface area contributed by atoms with Gasteiger partial charge < -0.3 is 10.2 Å². The van der Waals surface area contributed by atoms with Gasteiger partial charge in [-0.05, 0) is 30.4 Å². The summed E-state index contributed by atoms with van der Waals surface area (Å²) in [6.07, 6.45) is 1.70. The Kier molecular flexibility index (Phi) is 5.56. The van der Waals surface area contributed by atoms with Gasteiger partial charge >= 0.3 is 6.03 Å². The van der Waals surface area contributed by atoms with Crippen molar-refractivity contribution in [2.45, 2.75) is 45.2 Å². The van der Waals surface area contributed by atoms with E-state index in [9.17, 15) is 9.59 Å². The van der Waals surface area contributed by atoms with E-state index in [1.54, 1.807) is 11.0 Å². The van der Waals surface area contributed by atoms with Crippen LogP contribution < -0.4 is 10.9 Å². The first kappa shape index (κ1) is 19.8. The molecule has 1 unspecified atom stereocenters. The van der Waals surface area contributed by atoms with E-state index in [1.807, 2.05) is 32.0 Å². The lowest BCUT2D eigenvalue weighted by Gasteiger charge is -2.23. The van der Waals surface area contributed by atoms with Crippen LogP contribution in [0.4, 0.5) is 4.79 Å². The molecule has 0 radical (unpaired) electrons. The maximum absolute atomic E-state index is 12.8. The van der Waals surface area contributed by atoms with Gasteiger partial charge in [0.25, 0.3) is 5.56 Å².